The quantitative estimate of drug-likeness (QED) is 0.547. The van der Waals surface area contributed by atoms with Gasteiger partial charge < -0.3 is 18.9 Å². The van der Waals surface area contributed by atoms with E-state index in [9.17, 15) is 8.42 Å². The zero-order valence-corrected chi connectivity index (χ0v) is 14.5. The summed E-state index contributed by atoms with van der Waals surface area (Å²) in [7, 11) is -2.19. The molecule has 2 heterocycles. The number of para-hydroxylation sites is 1. The van der Waals surface area contributed by atoms with E-state index in [1.807, 2.05) is 36.5 Å². The Bertz CT molecular complexity index is 1160. The van der Waals surface area contributed by atoms with E-state index in [-0.39, 0.29) is 5.75 Å². The lowest BCUT2D eigenvalue weighted by Gasteiger charge is -2.12. The molecule has 0 fully saturated rings. The number of hydrogen-bond acceptors (Lipinski definition) is 4. The molecule has 0 atom stereocenters. The molecular weight excluding hydrogens is 340 g/mol. The summed E-state index contributed by atoms with van der Waals surface area (Å²) in [5, 5.41) is 2.57. The van der Waals surface area contributed by atoms with Crippen LogP contribution in [0.4, 0.5) is 0 Å². The van der Waals surface area contributed by atoms with E-state index in [0.29, 0.717) is 11.1 Å². The van der Waals surface area contributed by atoms with Crippen LogP contribution >= 0.6 is 0 Å². The standard InChI is InChI=1S/C18H16N2O4S/c1-23-17-8-12(16-7-11-5-3-4-6-15(11)20-16)13-9-19-10-14(13)18(17)24-25(2,21)22/h3-10,19-20H,1-2H3. The minimum Gasteiger partial charge on any atom is -0.493 e. The van der Waals surface area contributed by atoms with Crippen LogP contribution in [0, 0.1) is 0 Å². The number of methoxy groups -OCH3 is 1. The van der Waals surface area contributed by atoms with Gasteiger partial charge in [0.15, 0.2) is 11.5 Å². The van der Waals surface area contributed by atoms with E-state index in [1.54, 1.807) is 12.3 Å². The molecule has 0 aliphatic carbocycles. The average molecular weight is 356 g/mol. The second kappa shape index (κ2) is 5.56. The minimum atomic E-state index is -3.68. The van der Waals surface area contributed by atoms with Crippen LogP contribution < -0.4 is 8.92 Å². The van der Waals surface area contributed by atoms with Crippen molar-refractivity contribution in [2.45, 2.75) is 0 Å². The molecule has 4 rings (SSSR count). The van der Waals surface area contributed by atoms with Crippen molar-refractivity contribution in [1.29, 1.82) is 0 Å². The van der Waals surface area contributed by atoms with E-state index >= 15 is 0 Å². The van der Waals surface area contributed by atoms with Crippen molar-refractivity contribution < 1.29 is 17.3 Å². The van der Waals surface area contributed by atoms with E-state index < -0.39 is 10.1 Å². The van der Waals surface area contributed by atoms with E-state index in [1.165, 1.54) is 7.11 Å². The Labute approximate surface area is 144 Å². The molecule has 0 bridgehead atoms. The molecule has 0 saturated heterocycles. The lowest BCUT2D eigenvalue weighted by molar-refractivity contribution is 0.393. The predicted molar refractivity (Wildman–Crippen MR) is 97.6 cm³/mol. The monoisotopic (exact) mass is 356 g/mol. The van der Waals surface area contributed by atoms with Crippen LogP contribution in [-0.4, -0.2) is 31.8 Å². The minimum absolute atomic E-state index is 0.182. The highest BCUT2D eigenvalue weighted by molar-refractivity contribution is 7.86. The Morgan fingerprint density at radius 2 is 1.80 bits per heavy atom. The van der Waals surface area contributed by atoms with Crippen LogP contribution in [0.2, 0.25) is 0 Å². The molecule has 6 nitrogen and oxygen atoms in total. The van der Waals surface area contributed by atoms with Gasteiger partial charge in [-0.25, -0.2) is 0 Å². The Kier molecular flexibility index (Phi) is 3.47. The molecule has 128 valence electrons. The molecule has 4 aromatic rings. The second-order valence-electron chi connectivity index (χ2n) is 5.80. The fourth-order valence-electron chi connectivity index (χ4n) is 3.01. The maximum Gasteiger partial charge on any atom is 0.306 e. The van der Waals surface area contributed by atoms with Crippen LogP contribution in [0.15, 0.2) is 48.8 Å². The number of fused-ring (bicyclic) bond motifs is 2. The third-order valence-corrected chi connectivity index (χ3v) is 4.52. The van der Waals surface area contributed by atoms with Gasteiger partial charge in [0.05, 0.1) is 13.4 Å². The highest BCUT2D eigenvalue weighted by Gasteiger charge is 2.20. The molecule has 0 spiro atoms. The number of aromatic amines is 2. The first-order valence-corrected chi connectivity index (χ1v) is 9.43. The lowest BCUT2D eigenvalue weighted by Crippen LogP contribution is -2.07. The summed E-state index contributed by atoms with van der Waals surface area (Å²) in [6, 6.07) is 11.8. The molecule has 0 radical (unpaired) electrons. The Morgan fingerprint density at radius 1 is 1.04 bits per heavy atom. The molecule has 2 aromatic heterocycles. The number of rotatable bonds is 4. The SMILES string of the molecule is COc1cc(-c2cc3ccccc3[nH]2)c2c[nH]cc2c1OS(C)(=O)=O. The van der Waals surface area contributed by atoms with Gasteiger partial charge in [-0.2, -0.15) is 8.42 Å². The van der Waals surface area contributed by atoms with Gasteiger partial charge in [-0.3, -0.25) is 0 Å². The van der Waals surface area contributed by atoms with E-state index in [0.717, 1.165) is 33.8 Å². The van der Waals surface area contributed by atoms with Crippen LogP contribution in [0.5, 0.6) is 11.5 Å². The second-order valence-corrected chi connectivity index (χ2v) is 7.37. The number of hydrogen-bond donors (Lipinski definition) is 2. The maximum absolute atomic E-state index is 11.6. The predicted octanol–water partition coefficient (Wildman–Crippen LogP) is 3.66. The largest absolute Gasteiger partial charge is 0.493 e. The van der Waals surface area contributed by atoms with Gasteiger partial charge >= 0.3 is 10.1 Å². The first-order chi connectivity index (χ1) is 12.0. The first-order valence-electron chi connectivity index (χ1n) is 7.61. The zero-order chi connectivity index (χ0) is 17.6. The summed E-state index contributed by atoms with van der Waals surface area (Å²) < 4.78 is 33.8. The normalized spacial score (nSPS) is 11.9. The topological polar surface area (TPSA) is 84.2 Å². The van der Waals surface area contributed by atoms with Crippen molar-refractivity contribution in [3.8, 4) is 22.8 Å². The molecular formula is C18H16N2O4S. The van der Waals surface area contributed by atoms with Gasteiger partial charge in [0.1, 0.15) is 0 Å². The number of aromatic nitrogens is 2. The average Bonchev–Trinajstić information content (AvgIpc) is 3.20. The zero-order valence-electron chi connectivity index (χ0n) is 13.7. The van der Waals surface area contributed by atoms with Crippen molar-refractivity contribution in [1.82, 2.24) is 9.97 Å². The third kappa shape index (κ3) is 2.72. The summed E-state index contributed by atoms with van der Waals surface area (Å²) in [5.41, 5.74) is 2.83. The van der Waals surface area contributed by atoms with Crippen molar-refractivity contribution in [3.05, 3.63) is 48.8 Å². The number of H-pyrrole nitrogens is 2. The van der Waals surface area contributed by atoms with Gasteiger partial charge in [0.25, 0.3) is 0 Å². The van der Waals surface area contributed by atoms with Gasteiger partial charge in [-0.15, -0.1) is 0 Å². The van der Waals surface area contributed by atoms with Crippen LogP contribution in [-0.2, 0) is 10.1 Å². The van der Waals surface area contributed by atoms with Crippen LogP contribution in [0.1, 0.15) is 0 Å². The van der Waals surface area contributed by atoms with Gasteiger partial charge in [-0.05, 0) is 18.2 Å². The van der Waals surface area contributed by atoms with Crippen molar-refractivity contribution in [3.63, 3.8) is 0 Å². The van der Waals surface area contributed by atoms with Crippen LogP contribution in [0.25, 0.3) is 32.9 Å². The molecule has 0 unspecified atom stereocenters. The number of ether oxygens (including phenoxy) is 1. The fraction of sp³-hybridized carbons (Fsp3) is 0.111. The molecule has 2 aromatic carbocycles. The molecule has 0 saturated carbocycles. The Hall–Kier alpha value is -2.93. The lowest BCUT2D eigenvalue weighted by atomic mass is 10.0. The van der Waals surface area contributed by atoms with Crippen LogP contribution in [0.3, 0.4) is 0 Å². The van der Waals surface area contributed by atoms with Gasteiger partial charge in [0.2, 0.25) is 0 Å². The van der Waals surface area contributed by atoms with E-state index in [2.05, 4.69) is 9.97 Å². The molecule has 0 amide bonds. The Morgan fingerprint density at radius 3 is 2.52 bits per heavy atom. The Balaban J connectivity index is 1.99. The molecule has 7 heteroatoms. The first kappa shape index (κ1) is 15.6. The summed E-state index contributed by atoms with van der Waals surface area (Å²) in [6.07, 6.45) is 4.52. The summed E-state index contributed by atoms with van der Waals surface area (Å²) >= 11 is 0. The van der Waals surface area contributed by atoms with Crippen molar-refractivity contribution >= 4 is 31.8 Å². The fourth-order valence-corrected chi connectivity index (χ4v) is 3.49. The summed E-state index contributed by atoms with van der Waals surface area (Å²) in [4.78, 5) is 6.40. The number of nitrogens with one attached hydrogen (secondary N) is 2. The molecule has 25 heavy (non-hydrogen) atoms. The third-order valence-electron chi connectivity index (χ3n) is 4.05. The van der Waals surface area contributed by atoms with Crippen molar-refractivity contribution in [2.75, 3.05) is 13.4 Å². The smallest absolute Gasteiger partial charge is 0.306 e. The summed E-state index contributed by atoms with van der Waals surface area (Å²) in [5.74, 6) is 0.535. The van der Waals surface area contributed by atoms with Gasteiger partial charge in [0, 0.05) is 45.3 Å². The number of benzene rings is 2. The molecule has 2 N–H and O–H groups in total. The molecule has 0 aliphatic heterocycles. The molecule has 0 aliphatic rings. The maximum atomic E-state index is 11.6. The summed E-state index contributed by atoms with van der Waals surface area (Å²) in [6.45, 7) is 0. The highest BCUT2D eigenvalue weighted by Crippen LogP contribution is 2.42. The van der Waals surface area contributed by atoms with E-state index in [4.69, 9.17) is 8.92 Å². The van der Waals surface area contributed by atoms with Gasteiger partial charge in [-0.1, -0.05) is 18.2 Å². The highest BCUT2D eigenvalue weighted by atomic mass is 32.2. The van der Waals surface area contributed by atoms with Crippen molar-refractivity contribution in [2.24, 2.45) is 0 Å².